The van der Waals surface area contributed by atoms with Crippen LogP contribution in [0.3, 0.4) is 0 Å². The Morgan fingerprint density at radius 2 is 1.84 bits per heavy atom. The zero-order valence-electron chi connectivity index (χ0n) is 17.2. The van der Waals surface area contributed by atoms with Crippen molar-refractivity contribution in [2.24, 2.45) is 10.2 Å². The molecule has 0 fully saturated rings. The molecule has 0 saturated heterocycles. The molecule has 0 amide bonds. The summed E-state index contributed by atoms with van der Waals surface area (Å²) in [5, 5.41) is 23.4. The van der Waals surface area contributed by atoms with Crippen LogP contribution in [0.25, 0.3) is 10.9 Å². The molecule has 5 nitrogen and oxygen atoms in total. The summed E-state index contributed by atoms with van der Waals surface area (Å²) in [5.41, 5.74) is 3.17. The first-order chi connectivity index (χ1) is 15.5. The van der Waals surface area contributed by atoms with E-state index in [0.717, 1.165) is 17.7 Å². The van der Waals surface area contributed by atoms with Gasteiger partial charge in [-0.25, -0.2) is 4.39 Å². The number of hydrogen-bond donors (Lipinski definition) is 2. The zero-order chi connectivity index (χ0) is 22.7. The number of anilines is 1. The van der Waals surface area contributed by atoms with Crippen molar-refractivity contribution >= 4 is 51.2 Å². The van der Waals surface area contributed by atoms with Crippen molar-refractivity contribution in [2.75, 3.05) is 5.32 Å². The fourth-order valence-corrected chi connectivity index (χ4v) is 3.93. The molecule has 0 radical (unpaired) electrons. The van der Waals surface area contributed by atoms with Crippen LogP contribution in [-0.4, -0.2) is 14.8 Å². The fourth-order valence-electron chi connectivity index (χ4n) is 3.56. The smallest absolute Gasteiger partial charge is 0.221 e. The first-order valence-electron chi connectivity index (χ1n) is 10.0. The van der Waals surface area contributed by atoms with E-state index in [1.54, 1.807) is 16.7 Å². The van der Waals surface area contributed by atoms with E-state index in [4.69, 9.17) is 23.8 Å². The van der Waals surface area contributed by atoms with Gasteiger partial charge in [-0.1, -0.05) is 61.0 Å². The second kappa shape index (κ2) is 9.46. The highest BCUT2D eigenvalue weighted by atomic mass is 35.5. The van der Waals surface area contributed by atoms with Crippen LogP contribution >= 0.6 is 23.8 Å². The molecule has 3 aromatic carbocycles. The summed E-state index contributed by atoms with van der Waals surface area (Å²) in [4.78, 5) is 0. The third-order valence-corrected chi connectivity index (χ3v) is 5.71. The van der Waals surface area contributed by atoms with Crippen molar-refractivity contribution in [3.8, 4) is 5.88 Å². The lowest BCUT2D eigenvalue weighted by Crippen LogP contribution is -2.07. The number of fused-ring (bicyclic) bond motifs is 1. The Morgan fingerprint density at radius 3 is 2.62 bits per heavy atom. The molecule has 0 bridgehead atoms. The first kappa shape index (κ1) is 21.9. The number of aromatic nitrogens is 1. The Labute approximate surface area is 195 Å². The molecule has 0 unspecified atom stereocenters. The Kier molecular flexibility index (Phi) is 6.48. The number of halogens is 2. The molecule has 1 aromatic heterocycles. The molecule has 2 N–H and O–H groups in total. The number of hydrogen-bond acceptors (Lipinski definition) is 3. The zero-order valence-corrected chi connectivity index (χ0v) is 18.8. The lowest BCUT2D eigenvalue weighted by Gasteiger charge is -2.10. The second-order valence-electron chi connectivity index (χ2n) is 7.12. The van der Waals surface area contributed by atoms with Crippen molar-refractivity contribution in [1.29, 1.82) is 0 Å². The van der Waals surface area contributed by atoms with Gasteiger partial charge < -0.3 is 15.0 Å². The number of thiocarbonyl (C=S) groups is 1. The fraction of sp³-hybridized carbons (Fsp3) is 0.125. The molecule has 0 spiro atoms. The SMILES string of the molecule is CCc1ccccc1NC(=S)N=Nc1c(O)n(Cc2c(F)cccc2Cl)c2ccccc12. The normalized spacial score (nSPS) is 11.3. The Morgan fingerprint density at radius 1 is 1.09 bits per heavy atom. The summed E-state index contributed by atoms with van der Waals surface area (Å²) in [5.74, 6) is -0.594. The third kappa shape index (κ3) is 4.35. The molecule has 4 rings (SSSR count). The number of aryl methyl sites for hydroxylation is 1. The van der Waals surface area contributed by atoms with E-state index in [2.05, 4.69) is 22.5 Å². The van der Waals surface area contributed by atoms with Crippen molar-refractivity contribution in [2.45, 2.75) is 19.9 Å². The molecule has 1 heterocycles. The number of para-hydroxylation sites is 2. The molecule has 0 saturated carbocycles. The van der Waals surface area contributed by atoms with Gasteiger partial charge in [0.1, 0.15) is 5.82 Å². The maximum atomic E-state index is 14.4. The van der Waals surface area contributed by atoms with Crippen LogP contribution < -0.4 is 5.32 Å². The van der Waals surface area contributed by atoms with E-state index in [9.17, 15) is 9.50 Å². The number of aromatic hydroxyl groups is 1. The lowest BCUT2D eigenvalue weighted by molar-refractivity contribution is 0.428. The van der Waals surface area contributed by atoms with Crippen molar-refractivity contribution in [3.05, 3.63) is 88.7 Å². The van der Waals surface area contributed by atoms with Crippen LogP contribution in [0.15, 0.2) is 77.0 Å². The lowest BCUT2D eigenvalue weighted by atomic mass is 10.1. The topological polar surface area (TPSA) is 61.9 Å². The van der Waals surface area contributed by atoms with Gasteiger partial charge in [-0.3, -0.25) is 0 Å². The highest BCUT2D eigenvalue weighted by Crippen LogP contribution is 2.40. The van der Waals surface area contributed by atoms with Gasteiger partial charge in [0, 0.05) is 21.7 Å². The van der Waals surface area contributed by atoms with E-state index in [0.29, 0.717) is 10.9 Å². The average molecular weight is 467 g/mol. The minimum atomic E-state index is -0.446. The van der Waals surface area contributed by atoms with Gasteiger partial charge in [-0.2, -0.15) is 0 Å². The maximum absolute atomic E-state index is 14.4. The molecule has 0 aliphatic carbocycles. The van der Waals surface area contributed by atoms with Gasteiger partial charge in [0.2, 0.25) is 11.0 Å². The van der Waals surface area contributed by atoms with Crippen molar-refractivity contribution < 1.29 is 9.50 Å². The quantitative estimate of drug-likeness (QED) is 0.241. The van der Waals surface area contributed by atoms with E-state index in [-0.39, 0.29) is 33.8 Å². The molecule has 0 atom stereocenters. The molecular weight excluding hydrogens is 447 g/mol. The van der Waals surface area contributed by atoms with E-state index in [1.807, 2.05) is 48.5 Å². The molecular formula is C24H20ClFN4OS. The minimum Gasteiger partial charge on any atom is -0.493 e. The molecule has 0 aliphatic heterocycles. The number of nitrogens with zero attached hydrogens (tertiary/aromatic N) is 3. The summed E-state index contributed by atoms with van der Waals surface area (Å²) in [7, 11) is 0. The average Bonchev–Trinajstić information content (AvgIpc) is 3.06. The van der Waals surface area contributed by atoms with Gasteiger partial charge in [0.05, 0.1) is 12.1 Å². The molecule has 8 heteroatoms. The highest BCUT2D eigenvalue weighted by molar-refractivity contribution is 7.80. The predicted molar refractivity (Wildman–Crippen MR) is 131 cm³/mol. The summed E-state index contributed by atoms with van der Waals surface area (Å²) >= 11 is 11.5. The predicted octanol–water partition coefficient (Wildman–Crippen LogP) is 7.23. The van der Waals surface area contributed by atoms with Crippen LogP contribution in [-0.2, 0) is 13.0 Å². The summed E-state index contributed by atoms with van der Waals surface area (Å²) < 4.78 is 15.9. The largest absolute Gasteiger partial charge is 0.493 e. The van der Waals surface area contributed by atoms with Gasteiger partial charge in [0.25, 0.3) is 0 Å². The maximum Gasteiger partial charge on any atom is 0.221 e. The van der Waals surface area contributed by atoms with Gasteiger partial charge >= 0.3 is 0 Å². The summed E-state index contributed by atoms with van der Waals surface area (Å²) in [6.07, 6.45) is 0.843. The van der Waals surface area contributed by atoms with Crippen molar-refractivity contribution in [1.82, 2.24) is 4.57 Å². The molecule has 0 aliphatic rings. The third-order valence-electron chi connectivity index (χ3n) is 5.18. The number of azo groups is 1. The second-order valence-corrected chi connectivity index (χ2v) is 7.91. The number of nitrogens with one attached hydrogen (secondary N) is 1. The van der Waals surface area contributed by atoms with Crippen LogP contribution in [0.5, 0.6) is 5.88 Å². The van der Waals surface area contributed by atoms with Crippen LogP contribution in [0.1, 0.15) is 18.1 Å². The number of rotatable bonds is 5. The Bertz CT molecular complexity index is 1310. The van der Waals surface area contributed by atoms with Crippen LogP contribution in [0.2, 0.25) is 5.02 Å². The van der Waals surface area contributed by atoms with Gasteiger partial charge in [0.15, 0.2) is 5.69 Å². The Balaban J connectivity index is 1.68. The van der Waals surface area contributed by atoms with Crippen molar-refractivity contribution in [3.63, 3.8) is 0 Å². The minimum absolute atomic E-state index is 0.0416. The number of benzene rings is 3. The van der Waals surface area contributed by atoms with Gasteiger partial charge in [-0.15, -0.1) is 10.2 Å². The molecule has 4 aromatic rings. The van der Waals surface area contributed by atoms with E-state index < -0.39 is 5.82 Å². The Hall–Kier alpha value is -3.29. The summed E-state index contributed by atoms with van der Waals surface area (Å²) in [6.45, 7) is 2.10. The van der Waals surface area contributed by atoms with Crippen LogP contribution in [0.4, 0.5) is 15.8 Å². The van der Waals surface area contributed by atoms with Crippen LogP contribution in [0, 0.1) is 5.82 Å². The highest BCUT2D eigenvalue weighted by Gasteiger charge is 2.19. The standard InChI is InChI=1S/C24H20ClFN4OS/c1-2-15-8-3-5-12-20(15)27-24(32)29-28-22-16-9-4-6-13-21(16)30(23(22)31)14-17-18(25)10-7-11-19(17)26/h3-13,31H,2,14H2,1H3,(H,27,32). The molecule has 162 valence electrons. The molecule has 32 heavy (non-hydrogen) atoms. The summed E-state index contributed by atoms with van der Waals surface area (Å²) in [6, 6.07) is 19.6. The van der Waals surface area contributed by atoms with E-state index >= 15 is 0 Å². The van der Waals surface area contributed by atoms with Gasteiger partial charge in [-0.05, 0) is 48.5 Å². The first-order valence-corrected chi connectivity index (χ1v) is 10.8. The monoisotopic (exact) mass is 466 g/mol. The van der Waals surface area contributed by atoms with E-state index in [1.165, 1.54) is 6.07 Å².